The second-order valence-corrected chi connectivity index (χ2v) is 5.59. The Labute approximate surface area is 125 Å². The fourth-order valence-corrected chi connectivity index (χ4v) is 3.26. The normalized spacial score (nSPS) is 21.6. The first-order chi connectivity index (χ1) is 10.3. The lowest BCUT2D eigenvalue weighted by molar-refractivity contribution is 0.0571. The Morgan fingerprint density at radius 3 is 3.00 bits per heavy atom. The fourth-order valence-electron chi connectivity index (χ4n) is 3.26. The van der Waals surface area contributed by atoms with Crippen molar-refractivity contribution < 1.29 is 9.90 Å². The largest absolute Gasteiger partial charge is 0.384 e. The van der Waals surface area contributed by atoms with E-state index in [1.165, 1.54) is 19.4 Å². The third-order valence-electron chi connectivity index (χ3n) is 4.33. The van der Waals surface area contributed by atoms with Crippen molar-refractivity contribution in [1.82, 2.24) is 9.80 Å². The van der Waals surface area contributed by atoms with Crippen LogP contribution in [0.5, 0.6) is 0 Å². The molecule has 1 atom stereocenters. The molecule has 1 amide bonds. The Kier molecular flexibility index (Phi) is 4.23. The molecule has 1 N–H and O–H groups in total. The van der Waals surface area contributed by atoms with Crippen LogP contribution in [0.1, 0.15) is 28.8 Å². The lowest BCUT2D eigenvalue weighted by atomic mass is 10.0. The molecule has 2 aliphatic heterocycles. The van der Waals surface area contributed by atoms with Gasteiger partial charge in [0.1, 0.15) is 6.61 Å². The van der Waals surface area contributed by atoms with Crippen LogP contribution in [0.2, 0.25) is 0 Å². The maximum Gasteiger partial charge on any atom is 0.255 e. The first kappa shape index (κ1) is 14.1. The highest BCUT2D eigenvalue weighted by Crippen LogP contribution is 2.23. The summed E-state index contributed by atoms with van der Waals surface area (Å²) in [5, 5.41) is 8.83. The molecule has 0 bridgehead atoms. The van der Waals surface area contributed by atoms with Gasteiger partial charge in [-0.3, -0.25) is 9.69 Å². The van der Waals surface area contributed by atoms with Crippen molar-refractivity contribution >= 4 is 5.91 Å². The molecule has 3 rings (SSSR count). The molecule has 0 spiro atoms. The van der Waals surface area contributed by atoms with Gasteiger partial charge in [-0.25, -0.2) is 0 Å². The fraction of sp³-hybridized carbons (Fsp3) is 0.471. The van der Waals surface area contributed by atoms with Crippen LogP contribution in [0.3, 0.4) is 0 Å². The lowest BCUT2D eigenvalue weighted by Crippen LogP contribution is -2.52. The molecule has 2 fully saturated rings. The molecule has 1 aromatic carbocycles. The predicted molar refractivity (Wildman–Crippen MR) is 80.9 cm³/mol. The molecule has 2 aliphatic rings. The van der Waals surface area contributed by atoms with Crippen molar-refractivity contribution in [2.75, 3.05) is 32.8 Å². The average molecular weight is 284 g/mol. The Morgan fingerprint density at radius 1 is 1.29 bits per heavy atom. The van der Waals surface area contributed by atoms with Gasteiger partial charge in [0.15, 0.2) is 0 Å². The topological polar surface area (TPSA) is 43.8 Å². The summed E-state index contributed by atoms with van der Waals surface area (Å²) in [4.78, 5) is 17.2. The van der Waals surface area contributed by atoms with Crippen LogP contribution in [0, 0.1) is 11.8 Å². The number of rotatable bonds is 1. The van der Waals surface area contributed by atoms with E-state index in [0.29, 0.717) is 17.2 Å². The maximum atomic E-state index is 12.7. The first-order valence-corrected chi connectivity index (χ1v) is 7.51. The molecule has 0 saturated carbocycles. The SMILES string of the molecule is O=C(c1ccccc1C#CCO)N1CCN2CCCC2C1. The van der Waals surface area contributed by atoms with Crippen molar-refractivity contribution in [1.29, 1.82) is 0 Å². The molecule has 0 aromatic heterocycles. The third kappa shape index (κ3) is 2.94. The van der Waals surface area contributed by atoms with E-state index in [1.807, 2.05) is 29.2 Å². The van der Waals surface area contributed by atoms with Gasteiger partial charge < -0.3 is 10.0 Å². The molecule has 2 heterocycles. The summed E-state index contributed by atoms with van der Waals surface area (Å²) < 4.78 is 0. The zero-order valence-electron chi connectivity index (χ0n) is 12.1. The molecule has 0 aliphatic carbocycles. The van der Waals surface area contributed by atoms with Crippen LogP contribution in [-0.4, -0.2) is 59.6 Å². The van der Waals surface area contributed by atoms with Gasteiger partial charge in [0.2, 0.25) is 0 Å². The first-order valence-electron chi connectivity index (χ1n) is 7.51. The average Bonchev–Trinajstić information content (AvgIpc) is 3.00. The molecule has 21 heavy (non-hydrogen) atoms. The number of benzene rings is 1. The van der Waals surface area contributed by atoms with Gasteiger partial charge in [0.05, 0.1) is 5.56 Å². The zero-order valence-corrected chi connectivity index (χ0v) is 12.1. The van der Waals surface area contributed by atoms with Gasteiger partial charge in [-0.05, 0) is 31.5 Å². The number of nitrogens with zero attached hydrogens (tertiary/aromatic N) is 2. The smallest absolute Gasteiger partial charge is 0.255 e. The Morgan fingerprint density at radius 2 is 2.14 bits per heavy atom. The summed E-state index contributed by atoms with van der Waals surface area (Å²) >= 11 is 0. The second kappa shape index (κ2) is 6.30. The molecule has 1 unspecified atom stereocenters. The van der Waals surface area contributed by atoms with Crippen molar-refractivity contribution in [3.63, 3.8) is 0 Å². The van der Waals surface area contributed by atoms with Crippen LogP contribution in [-0.2, 0) is 0 Å². The number of hydrogen-bond acceptors (Lipinski definition) is 3. The second-order valence-electron chi connectivity index (χ2n) is 5.59. The van der Waals surface area contributed by atoms with Gasteiger partial charge in [0.25, 0.3) is 5.91 Å². The van der Waals surface area contributed by atoms with Gasteiger partial charge in [-0.1, -0.05) is 24.0 Å². The molecule has 4 heteroatoms. The highest BCUT2D eigenvalue weighted by Gasteiger charge is 2.33. The van der Waals surface area contributed by atoms with Crippen LogP contribution < -0.4 is 0 Å². The van der Waals surface area contributed by atoms with Gasteiger partial charge in [-0.15, -0.1) is 0 Å². The van der Waals surface area contributed by atoms with Crippen molar-refractivity contribution in [2.24, 2.45) is 0 Å². The Hall–Kier alpha value is -1.83. The quantitative estimate of drug-likeness (QED) is 0.781. The molecule has 4 nitrogen and oxygen atoms in total. The highest BCUT2D eigenvalue weighted by molar-refractivity contribution is 5.96. The summed E-state index contributed by atoms with van der Waals surface area (Å²) in [6.07, 6.45) is 2.43. The van der Waals surface area contributed by atoms with Crippen LogP contribution in [0.25, 0.3) is 0 Å². The number of fused-ring (bicyclic) bond motifs is 1. The van der Waals surface area contributed by atoms with Crippen LogP contribution in [0.4, 0.5) is 0 Å². The van der Waals surface area contributed by atoms with Crippen LogP contribution >= 0.6 is 0 Å². The van der Waals surface area contributed by atoms with E-state index < -0.39 is 0 Å². The summed E-state index contributed by atoms with van der Waals surface area (Å²) in [6, 6.07) is 7.92. The standard InChI is InChI=1S/C17H20N2O2/c20-12-4-6-14-5-1-2-8-16(14)17(21)19-11-10-18-9-3-7-15(18)13-19/h1-2,5,8,15,20H,3,7,9-13H2. The summed E-state index contributed by atoms with van der Waals surface area (Å²) in [6.45, 7) is 3.56. The summed E-state index contributed by atoms with van der Waals surface area (Å²) in [7, 11) is 0. The van der Waals surface area contributed by atoms with Crippen molar-refractivity contribution in [2.45, 2.75) is 18.9 Å². The number of aliphatic hydroxyl groups excluding tert-OH is 1. The molecular weight excluding hydrogens is 264 g/mol. The molecule has 2 saturated heterocycles. The van der Waals surface area contributed by atoms with E-state index in [2.05, 4.69) is 16.7 Å². The van der Waals surface area contributed by atoms with Crippen molar-refractivity contribution in [3.8, 4) is 11.8 Å². The number of carbonyl (C=O) groups excluding carboxylic acids is 1. The third-order valence-corrected chi connectivity index (χ3v) is 4.33. The van der Waals surface area contributed by atoms with Gasteiger partial charge in [0, 0.05) is 31.2 Å². The summed E-state index contributed by atoms with van der Waals surface area (Å²) in [5.41, 5.74) is 1.34. The Balaban J connectivity index is 1.79. The summed E-state index contributed by atoms with van der Waals surface area (Å²) in [5.74, 6) is 5.56. The molecular formula is C17H20N2O2. The van der Waals surface area contributed by atoms with E-state index in [9.17, 15) is 4.79 Å². The molecule has 1 aromatic rings. The number of amides is 1. The minimum absolute atomic E-state index is 0.0596. The number of carbonyl (C=O) groups is 1. The van der Waals surface area contributed by atoms with E-state index in [4.69, 9.17) is 5.11 Å². The molecule has 110 valence electrons. The lowest BCUT2D eigenvalue weighted by Gasteiger charge is -2.37. The van der Waals surface area contributed by atoms with E-state index in [-0.39, 0.29) is 12.5 Å². The van der Waals surface area contributed by atoms with Gasteiger partial charge in [-0.2, -0.15) is 0 Å². The number of aliphatic hydroxyl groups is 1. The van der Waals surface area contributed by atoms with Gasteiger partial charge >= 0.3 is 0 Å². The molecule has 0 radical (unpaired) electrons. The minimum atomic E-state index is -0.191. The van der Waals surface area contributed by atoms with E-state index in [1.54, 1.807) is 0 Å². The predicted octanol–water partition coefficient (Wildman–Crippen LogP) is 0.951. The number of hydrogen-bond donors (Lipinski definition) is 1. The maximum absolute atomic E-state index is 12.7. The van der Waals surface area contributed by atoms with Crippen molar-refractivity contribution in [3.05, 3.63) is 35.4 Å². The van der Waals surface area contributed by atoms with E-state index in [0.717, 1.165) is 19.6 Å². The minimum Gasteiger partial charge on any atom is -0.384 e. The monoisotopic (exact) mass is 284 g/mol. The number of piperazine rings is 1. The Bertz CT molecular complexity index is 588. The van der Waals surface area contributed by atoms with Crippen LogP contribution in [0.15, 0.2) is 24.3 Å². The van der Waals surface area contributed by atoms with E-state index >= 15 is 0 Å². The highest BCUT2D eigenvalue weighted by atomic mass is 16.2. The zero-order chi connectivity index (χ0) is 14.7.